The van der Waals surface area contributed by atoms with Gasteiger partial charge >= 0.3 is 0 Å². The Kier molecular flexibility index (Phi) is 5.18. The smallest absolute Gasteiger partial charge is 0.264 e. The fraction of sp³-hybridized carbons (Fsp3) is 0.200. The van der Waals surface area contributed by atoms with E-state index in [2.05, 4.69) is 29.2 Å². The number of imidazole rings is 1. The maximum absolute atomic E-state index is 12.2. The van der Waals surface area contributed by atoms with Crippen molar-refractivity contribution in [2.24, 2.45) is 5.73 Å². The molecule has 0 atom stereocenters. The van der Waals surface area contributed by atoms with E-state index in [0.29, 0.717) is 28.7 Å². The van der Waals surface area contributed by atoms with E-state index in [4.69, 9.17) is 26.2 Å². The molecule has 1 amide bonds. The van der Waals surface area contributed by atoms with Crippen molar-refractivity contribution in [2.45, 2.75) is 24.8 Å². The number of anilines is 2. The van der Waals surface area contributed by atoms with Gasteiger partial charge in [-0.05, 0) is 79.4 Å². The lowest BCUT2D eigenvalue weighted by Gasteiger charge is -2.38. The number of nitrogens with zero attached hydrogens (tertiary/aromatic N) is 5. The van der Waals surface area contributed by atoms with Gasteiger partial charge in [0.2, 0.25) is 0 Å². The minimum absolute atomic E-state index is 0.0383. The summed E-state index contributed by atoms with van der Waals surface area (Å²) in [6.45, 7) is 0.0383. The van der Waals surface area contributed by atoms with Crippen molar-refractivity contribution in [3.8, 4) is 34.1 Å². The quantitative estimate of drug-likeness (QED) is 0.361. The van der Waals surface area contributed by atoms with E-state index in [1.807, 2.05) is 47.0 Å². The van der Waals surface area contributed by atoms with Crippen LogP contribution in [-0.2, 0) is 10.3 Å². The zero-order valence-electron chi connectivity index (χ0n) is 21.5. The van der Waals surface area contributed by atoms with Crippen molar-refractivity contribution < 1.29 is 9.53 Å². The van der Waals surface area contributed by atoms with Crippen molar-refractivity contribution in [2.75, 3.05) is 24.3 Å². The third-order valence-corrected chi connectivity index (χ3v) is 7.87. The van der Waals surface area contributed by atoms with Gasteiger partial charge in [0.15, 0.2) is 18.1 Å². The fourth-order valence-corrected chi connectivity index (χ4v) is 5.37. The summed E-state index contributed by atoms with van der Waals surface area (Å²) in [5.41, 5.74) is 19.1. The summed E-state index contributed by atoms with van der Waals surface area (Å²) >= 11 is 0. The second-order valence-corrected chi connectivity index (χ2v) is 10.2. The summed E-state index contributed by atoms with van der Waals surface area (Å²) in [6.07, 6.45) is 4.81. The Morgan fingerprint density at radius 2 is 1.82 bits per heavy atom. The number of fused-ring (bicyclic) bond motifs is 2. The van der Waals surface area contributed by atoms with E-state index in [0.717, 1.165) is 52.9 Å². The number of nitrogen functional groups attached to an aromatic ring is 1. The molecule has 0 saturated heterocycles. The first-order valence-corrected chi connectivity index (χ1v) is 13.0. The number of ether oxygens (including phenoxy) is 1. The van der Waals surface area contributed by atoms with Crippen LogP contribution < -0.4 is 21.1 Å². The van der Waals surface area contributed by atoms with E-state index in [9.17, 15) is 4.79 Å². The van der Waals surface area contributed by atoms with Gasteiger partial charge in [0.25, 0.3) is 5.91 Å². The maximum atomic E-state index is 12.2. The fourth-order valence-electron chi connectivity index (χ4n) is 5.37. The van der Waals surface area contributed by atoms with Crippen LogP contribution in [0.4, 0.5) is 11.5 Å². The summed E-state index contributed by atoms with van der Waals surface area (Å²) in [6, 6.07) is 21.7. The van der Waals surface area contributed by atoms with Crippen molar-refractivity contribution in [3.05, 3.63) is 78.5 Å². The first-order valence-electron chi connectivity index (χ1n) is 13.0. The molecule has 2 aliphatic rings. The maximum Gasteiger partial charge on any atom is 0.264 e. The molecule has 2 aromatic carbocycles. The highest BCUT2D eigenvalue weighted by Gasteiger charge is 2.34. The molecule has 1 aliphatic carbocycles. The Labute approximate surface area is 225 Å². The second-order valence-electron chi connectivity index (χ2n) is 10.2. The Morgan fingerprint density at radius 3 is 2.56 bits per heavy atom. The molecule has 5 aromatic rings. The highest BCUT2D eigenvalue weighted by atomic mass is 16.5. The van der Waals surface area contributed by atoms with Crippen LogP contribution in [0.1, 0.15) is 24.8 Å². The Hall–Kier alpha value is -4.76. The predicted octanol–water partition coefficient (Wildman–Crippen LogP) is 4.42. The number of likely N-dealkylation sites (N-methyl/N-ethyl adjacent to an activating group) is 1. The molecule has 194 valence electrons. The molecular formula is C30H27N7O2. The number of benzene rings is 2. The van der Waals surface area contributed by atoms with Crippen LogP contribution in [0.3, 0.4) is 0 Å². The van der Waals surface area contributed by atoms with Gasteiger partial charge in [0.1, 0.15) is 17.1 Å². The van der Waals surface area contributed by atoms with Gasteiger partial charge < -0.3 is 21.1 Å². The number of rotatable bonds is 4. The zero-order chi connectivity index (χ0) is 26.7. The summed E-state index contributed by atoms with van der Waals surface area (Å²) in [5, 5.41) is 0. The molecule has 0 unspecified atom stereocenters. The second kappa shape index (κ2) is 8.64. The molecule has 9 heteroatoms. The summed E-state index contributed by atoms with van der Waals surface area (Å²) in [5.74, 6) is 1.63. The number of pyridine rings is 2. The van der Waals surface area contributed by atoms with Crippen molar-refractivity contribution >= 4 is 28.6 Å². The van der Waals surface area contributed by atoms with E-state index in [-0.39, 0.29) is 18.1 Å². The molecule has 9 nitrogen and oxygen atoms in total. The van der Waals surface area contributed by atoms with Gasteiger partial charge in [-0.3, -0.25) is 9.36 Å². The normalized spacial score (nSPS) is 16.1. The molecule has 7 rings (SSSR count). The van der Waals surface area contributed by atoms with Crippen LogP contribution in [0.2, 0.25) is 0 Å². The van der Waals surface area contributed by atoms with Crippen LogP contribution in [0, 0.1) is 0 Å². The number of carbonyl (C=O) groups is 1. The lowest BCUT2D eigenvalue weighted by molar-refractivity contribution is -0.120. The van der Waals surface area contributed by atoms with Gasteiger partial charge in [-0.1, -0.05) is 12.1 Å². The molecule has 0 spiro atoms. The number of hydrogen-bond acceptors (Lipinski definition) is 7. The molecule has 4 N–H and O–H groups in total. The number of nitrogens with two attached hydrogens (primary N) is 2. The zero-order valence-corrected chi connectivity index (χ0v) is 21.5. The molecule has 39 heavy (non-hydrogen) atoms. The number of amides is 1. The predicted molar refractivity (Wildman–Crippen MR) is 151 cm³/mol. The van der Waals surface area contributed by atoms with Gasteiger partial charge in [-0.2, -0.15) is 0 Å². The van der Waals surface area contributed by atoms with E-state index in [1.54, 1.807) is 18.1 Å². The van der Waals surface area contributed by atoms with Crippen LogP contribution >= 0.6 is 0 Å². The third kappa shape index (κ3) is 3.73. The molecular weight excluding hydrogens is 490 g/mol. The molecule has 0 radical (unpaired) electrons. The number of hydrogen-bond donors (Lipinski definition) is 2. The largest absolute Gasteiger partial charge is 0.482 e. The van der Waals surface area contributed by atoms with Crippen LogP contribution in [-0.4, -0.2) is 39.1 Å². The van der Waals surface area contributed by atoms with Crippen molar-refractivity contribution in [3.63, 3.8) is 0 Å². The summed E-state index contributed by atoms with van der Waals surface area (Å²) in [7, 11) is 1.75. The Bertz CT molecular complexity index is 1760. The van der Waals surface area contributed by atoms with E-state index >= 15 is 0 Å². The molecule has 4 heterocycles. The average Bonchev–Trinajstić information content (AvgIpc) is 3.32. The molecule has 1 aliphatic heterocycles. The third-order valence-electron chi connectivity index (χ3n) is 7.87. The Balaban J connectivity index is 1.40. The first-order chi connectivity index (χ1) is 18.9. The highest BCUT2D eigenvalue weighted by Crippen LogP contribution is 2.40. The topological polar surface area (TPSA) is 125 Å². The van der Waals surface area contributed by atoms with Crippen molar-refractivity contribution in [1.82, 2.24) is 19.5 Å². The standard InChI is InChI=1S/C30H27N7O2/c1-36-24-16-18(5-12-25(24)39-17-26(36)38)22-10-11-23-29(34-22)37(28(35-23)21-4-2-15-33-27(21)31)20-8-6-19(7-9-20)30(32)13-3-14-30/h2,4-12,15-16H,3,13-14,17,32H2,1H3,(H2,31,33). The lowest BCUT2D eigenvalue weighted by Crippen LogP contribution is -2.43. The molecule has 0 bridgehead atoms. The monoisotopic (exact) mass is 517 g/mol. The van der Waals surface area contributed by atoms with E-state index < -0.39 is 0 Å². The number of aromatic nitrogens is 4. The first kappa shape index (κ1) is 23.4. The minimum atomic E-state index is -0.248. The van der Waals surface area contributed by atoms with Gasteiger partial charge in [0, 0.05) is 30.0 Å². The van der Waals surface area contributed by atoms with E-state index in [1.165, 1.54) is 0 Å². The lowest BCUT2D eigenvalue weighted by atomic mass is 9.73. The highest BCUT2D eigenvalue weighted by molar-refractivity contribution is 5.98. The summed E-state index contributed by atoms with van der Waals surface area (Å²) in [4.78, 5) is 28.1. The molecule has 1 fully saturated rings. The van der Waals surface area contributed by atoms with Crippen LogP contribution in [0.5, 0.6) is 5.75 Å². The van der Waals surface area contributed by atoms with Crippen LogP contribution in [0.15, 0.2) is 72.9 Å². The van der Waals surface area contributed by atoms with Gasteiger partial charge in [0.05, 0.1) is 16.9 Å². The minimum Gasteiger partial charge on any atom is -0.482 e. The average molecular weight is 518 g/mol. The van der Waals surface area contributed by atoms with Crippen molar-refractivity contribution in [1.29, 1.82) is 0 Å². The van der Waals surface area contributed by atoms with Gasteiger partial charge in [-0.25, -0.2) is 15.0 Å². The Morgan fingerprint density at radius 1 is 1.00 bits per heavy atom. The molecule has 3 aromatic heterocycles. The van der Waals surface area contributed by atoms with Crippen LogP contribution in [0.25, 0.3) is 39.5 Å². The van der Waals surface area contributed by atoms with Gasteiger partial charge in [-0.15, -0.1) is 0 Å². The SMILES string of the molecule is CN1C(=O)COc2ccc(-c3ccc4nc(-c5cccnc5N)n(-c5ccc(C6(N)CCC6)cc5)c4n3)cc21. The summed E-state index contributed by atoms with van der Waals surface area (Å²) < 4.78 is 7.61. The molecule has 1 saturated carbocycles. The number of carbonyl (C=O) groups excluding carboxylic acids is 1.